The highest BCUT2D eigenvalue weighted by Gasteiger charge is 2.33. The summed E-state index contributed by atoms with van der Waals surface area (Å²) in [7, 11) is 0. The van der Waals surface area contributed by atoms with Crippen LogP contribution in [0.1, 0.15) is 45.4 Å². The van der Waals surface area contributed by atoms with Crippen molar-refractivity contribution in [1.82, 2.24) is 14.8 Å². The molecule has 23 heavy (non-hydrogen) atoms. The van der Waals surface area contributed by atoms with Gasteiger partial charge in [0.15, 0.2) is 0 Å². The third-order valence-corrected chi connectivity index (χ3v) is 4.94. The van der Waals surface area contributed by atoms with Gasteiger partial charge in [-0.1, -0.05) is 13.8 Å². The maximum atomic E-state index is 13.2. The van der Waals surface area contributed by atoms with E-state index >= 15 is 0 Å². The molecule has 0 bridgehead atoms. The van der Waals surface area contributed by atoms with Gasteiger partial charge >= 0.3 is 0 Å². The summed E-state index contributed by atoms with van der Waals surface area (Å²) < 4.78 is 33.4. The lowest BCUT2D eigenvalue weighted by Crippen LogP contribution is -2.28. The van der Waals surface area contributed by atoms with E-state index in [1.165, 1.54) is 0 Å². The summed E-state index contributed by atoms with van der Waals surface area (Å²) in [6.45, 7) is 8.04. The first-order valence-electron chi connectivity index (χ1n) is 8.60. The minimum absolute atomic E-state index is 0.205. The number of rotatable bonds is 5. The van der Waals surface area contributed by atoms with E-state index < -0.39 is 6.43 Å². The van der Waals surface area contributed by atoms with E-state index in [1.54, 1.807) is 4.57 Å². The zero-order chi connectivity index (χ0) is 16.4. The lowest BCUT2D eigenvalue weighted by Gasteiger charge is -2.27. The molecule has 1 unspecified atom stereocenters. The van der Waals surface area contributed by atoms with Gasteiger partial charge in [0, 0.05) is 32.8 Å². The smallest absolute Gasteiger partial charge is 0.297 e. The van der Waals surface area contributed by atoms with Crippen LogP contribution in [0.15, 0.2) is 0 Å². The molecule has 2 fully saturated rings. The second kappa shape index (κ2) is 7.11. The van der Waals surface area contributed by atoms with Crippen molar-refractivity contribution >= 4 is 5.95 Å². The number of alkyl halides is 2. The number of ether oxygens (including phenoxy) is 1. The Morgan fingerprint density at radius 2 is 1.87 bits per heavy atom. The molecular weight excluding hydrogens is 302 g/mol. The topological polar surface area (TPSA) is 43.2 Å². The standard InChI is InChI=1S/C16H26F2N4O/c1-11(2)9-22-15(14(17)18)19-20-16(22)21-6-3-13(10-21)12-4-7-23-8-5-12/h11-14H,3-10H2,1-2H3. The number of nitrogens with zero attached hydrogens (tertiary/aromatic N) is 4. The largest absolute Gasteiger partial charge is 0.381 e. The van der Waals surface area contributed by atoms with Crippen LogP contribution in [0, 0.1) is 17.8 Å². The molecule has 0 radical (unpaired) electrons. The second-order valence-electron chi connectivity index (χ2n) is 7.11. The number of halogens is 2. The normalized spacial score (nSPS) is 23.4. The van der Waals surface area contributed by atoms with Crippen molar-refractivity contribution in [2.75, 3.05) is 31.2 Å². The van der Waals surface area contributed by atoms with Gasteiger partial charge in [0.2, 0.25) is 11.8 Å². The van der Waals surface area contributed by atoms with E-state index in [4.69, 9.17) is 4.74 Å². The van der Waals surface area contributed by atoms with Crippen LogP contribution in [0.2, 0.25) is 0 Å². The van der Waals surface area contributed by atoms with Crippen molar-refractivity contribution in [2.45, 2.75) is 46.1 Å². The third-order valence-electron chi connectivity index (χ3n) is 4.94. The van der Waals surface area contributed by atoms with E-state index in [2.05, 4.69) is 15.1 Å². The Balaban J connectivity index is 1.74. The Bertz CT molecular complexity index is 514. The second-order valence-corrected chi connectivity index (χ2v) is 7.11. The van der Waals surface area contributed by atoms with E-state index in [0.29, 0.717) is 24.3 Å². The van der Waals surface area contributed by atoms with Gasteiger partial charge in [0.1, 0.15) is 0 Å². The molecule has 1 aromatic heterocycles. The molecule has 0 spiro atoms. The third kappa shape index (κ3) is 3.65. The monoisotopic (exact) mass is 328 g/mol. The fraction of sp³-hybridized carbons (Fsp3) is 0.875. The molecule has 7 heteroatoms. The fourth-order valence-corrected chi connectivity index (χ4v) is 3.78. The van der Waals surface area contributed by atoms with Crippen LogP contribution in [-0.2, 0) is 11.3 Å². The first kappa shape index (κ1) is 16.6. The summed E-state index contributed by atoms with van der Waals surface area (Å²) in [5.74, 6) is 1.98. The van der Waals surface area contributed by atoms with Gasteiger partial charge in [-0.05, 0) is 37.0 Å². The Morgan fingerprint density at radius 3 is 2.52 bits per heavy atom. The molecule has 5 nitrogen and oxygen atoms in total. The van der Waals surface area contributed by atoms with E-state index in [-0.39, 0.29) is 11.7 Å². The van der Waals surface area contributed by atoms with Gasteiger partial charge in [-0.2, -0.15) is 0 Å². The minimum atomic E-state index is -2.58. The molecule has 3 rings (SSSR count). The van der Waals surface area contributed by atoms with Crippen LogP contribution in [-0.4, -0.2) is 41.1 Å². The van der Waals surface area contributed by atoms with Crippen molar-refractivity contribution in [3.63, 3.8) is 0 Å². The zero-order valence-electron chi connectivity index (χ0n) is 13.9. The number of hydrogen-bond donors (Lipinski definition) is 0. The lowest BCUT2D eigenvalue weighted by atomic mass is 9.85. The SMILES string of the molecule is CC(C)Cn1c(C(F)F)nnc1N1CCC(C2CCOCC2)C1. The molecule has 0 amide bonds. The van der Waals surface area contributed by atoms with Crippen molar-refractivity contribution in [3.05, 3.63) is 5.82 Å². The molecule has 0 N–H and O–H groups in total. The zero-order valence-corrected chi connectivity index (χ0v) is 13.9. The van der Waals surface area contributed by atoms with Gasteiger partial charge in [0.05, 0.1) is 0 Å². The van der Waals surface area contributed by atoms with Crippen LogP contribution in [0.4, 0.5) is 14.7 Å². The van der Waals surface area contributed by atoms with E-state index in [0.717, 1.165) is 45.6 Å². The molecule has 0 aliphatic carbocycles. The molecule has 1 aromatic rings. The van der Waals surface area contributed by atoms with Gasteiger partial charge < -0.3 is 9.64 Å². The average Bonchev–Trinajstić information content (AvgIpc) is 3.14. The average molecular weight is 328 g/mol. The summed E-state index contributed by atoms with van der Waals surface area (Å²) >= 11 is 0. The predicted molar refractivity (Wildman–Crippen MR) is 83.7 cm³/mol. The highest BCUT2D eigenvalue weighted by atomic mass is 19.3. The van der Waals surface area contributed by atoms with E-state index in [9.17, 15) is 8.78 Å². The maximum Gasteiger partial charge on any atom is 0.297 e. The fourth-order valence-electron chi connectivity index (χ4n) is 3.78. The van der Waals surface area contributed by atoms with Gasteiger partial charge in [-0.25, -0.2) is 8.78 Å². The molecular formula is C16H26F2N4O. The maximum absolute atomic E-state index is 13.2. The highest BCUT2D eigenvalue weighted by Crippen LogP contribution is 2.34. The molecule has 0 aromatic carbocycles. The first-order chi connectivity index (χ1) is 11.1. The van der Waals surface area contributed by atoms with Crippen molar-refractivity contribution < 1.29 is 13.5 Å². The summed E-state index contributed by atoms with van der Waals surface area (Å²) in [5, 5.41) is 7.84. The minimum Gasteiger partial charge on any atom is -0.381 e. The quantitative estimate of drug-likeness (QED) is 0.833. The molecule has 2 aliphatic rings. The molecule has 2 aliphatic heterocycles. The Kier molecular flexibility index (Phi) is 5.14. The van der Waals surface area contributed by atoms with Crippen LogP contribution in [0.25, 0.3) is 0 Å². The summed E-state index contributed by atoms with van der Waals surface area (Å²) in [5.41, 5.74) is 0. The summed E-state index contributed by atoms with van der Waals surface area (Å²) in [6.07, 6.45) is 0.742. The van der Waals surface area contributed by atoms with Crippen LogP contribution in [0.5, 0.6) is 0 Å². The van der Waals surface area contributed by atoms with Crippen LogP contribution in [0.3, 0.4) is 0 Å². The van der Waals surface area contributed by atoms with Gasteiger partial charge in [-0.3, -0.25) is 4.57 Å². The molecule has 1 atom stereocenters. The van der Waals surface area contributed by atoms with Gasteiger partial charge in [0.25, 0.3) is 6.43 Å². The Labute approximate surface area is 136 Å². The number of aromatic nitrogens is 3. The van der Waals surface area contributed by atoms with Crippen molar-refractivity contribution in [3.8, 4) is 0 Å². The number of hydrogen-bond acceptors (Lipinski definition) is 4. The van der Waals surface area contributed by atoms with Crippen LogP contribution < -0.4 is 4.90 Å². The molecule has 130 valence electrons. The van der Waals surface area contributed by atoms with E-state index in [1.807, 2.05) is 13.8 Å². The van der Waals surface area contributed by atoms with Crippen molar-refractivity contribution in [2.24, 2.45) is 17.8 Å². The van der Waals surface area contributed by atoms with Crippen molar-refractivity contribution in [1.29, 1.82) is 0 Å². The Hall–Kier alpha value is -1.24. The highest BCUT2D eigenvalue weighted by molar-refractivity contribution is 5.33. The number of anilines is 1. The van der Waals surface area contributed by atoms with Gasteiger partial charge in [-0.15, -0.1) is 10.2 Å². The molecule has 0 saturated carbocycles. The first-order valence-corrected chi connectivity index (χ1v) is 8.60. The molecule has 3 heterocycles. The molecule has 2 saturated heterocycles. The van der Waals surface area contributed by atoms with Crippen LogP contribution >= 0.6 is 0 Å². The predicted octanol–water partition coefficient (Wildman–Crippen LogP) is 3.12. The summed E-state index contributed by atoms with van der Waals surface area (Å²) in [4.78, 5) is 2.14. The Morgan fingerprint density at radius 1 is 1.13 bits per heavy atom. The summed E-state index contributed by atoms with van der Waals surface area (Å²) in [6, 6.07) is 0. The lowest BCUT2D eigenvalue weighted by molar-refractivity contribution is 0.0500.